The Hall–Kier alpha value is -3.35. The van der Waals surface area contributed by atoms with E-state index in [0.29, 0.717) is 16.9 Å². The summed E-state index contributed by atoms with van der Waals surface area (Å²) in [6, 6.07) is 15.5. The lowest BCUT2D eigenvalue weighted by molar-refractivity contribution is -0.137. The first-order valence-corrected chi connectivity index (χ1v) is 8.63. The molecule has 0 unspecified atom stereocenters. The lowest BCUT2D eigenvalue weighted by Gasteiger charge is -2.26. The maximum absolute atomic E-state index is 13.1. The molecule has 0 fully saturated rings. The largest absolute Gasteiger partial charge is 0.416 e. The van der Waals surface area contributed by atoms with Gasteiger partial charge in [0, 0.05) is 23.0 Å². The van der Waals surface area contributed by atoms with Crippen LogP contribution in [0.2, 0.25) is 0 Å². The summed E-state index contributed by atoms with van der Waals surface area (Å²) < 4.78 is 39.2. The van der Waals surface area contributed by atoms with Crippen molar-refractivity contribution >= 4 is 17.4 Å². The average molecular weight is 383 g/mol. The van der Waals surface area contributed by atoms with Crippen LogP contribution in [-0.2, 0) is 6.18 Å². The Morgan fingerprint density at radius 2 is 1.82 bits per heavy atom. The Bertz CT molecular complexity index is 1030. The first-order valence-electron chi connectivity index (χ1n) is 8.63. The molecule has 3 aromatic rings. The molecule has 2 aromatic carbocycles. The maximum atomic E-state index is 13.1. The highest BCUT2D eigenvalue weighted by molar-refractivity contribution is 6.11. The standard InChI is InChI=1S/C21H16F3N3O/c1-13-9-10-18(25-12-13)27-19(16-7-2-3-8-17(16)20(27)28)26-15-6-4-5-14(11-15)21(22,23)24/h2-12,19,26H,1H3/t19-/m1/s1. The minimum Gasteiger partial charge on any atom is -0.361 e. The van der Waals surface area contributed by atoms with E-state index in [1.54, 1.807) is 42.6 Å². The summed E-state index contributed by atoms with van der Waals surface area (Å²) in [5.41, 5.74) is 1.63. The summed E-state index contributed by atoms with van der Waals surface area (Å²) in [4.78, 5) is 18.8. The van der Waals surface area contributed by atoms with E-state index in [-0.39, 0.29) is 11.6 Å². The number of halogens is 3. The lowest BCUT2D eigenvalue weighted by Crippen LogP contribution is -2.33. The molecular weight excluding hydrogens is 367 g/mol. The maximum Gasteiger partial charge on any atom is 0.416 e. The second-order valence-electron chi connectivity index (χ2n) is 6.58. The average Bonchev–Trinajstić information content (AvgIpc) is 2.94. The van der Waals surface area contributed by atoms with E-state index < -0.39 is 17.9 Å². The van der Waals surface area contributed by atoms with Crippen LogP contribution >= 0.6 is 0 Å². The van der Waals surface area contributed by atoms with Crippen LogP contribution in [0.25, 0.3) is 0 Å². The first-order chi connectivity index (χ1) is 13.3. The summed E-state index contributed by atoms with van der Waals surface area (Å²) >= 11 is 0. The van der Waals surface area contributed by atoms with Crippen molar-refractivity contribution in [3.8, 4) is 0 Å². The van der Waals surface area contributed by atoms with Crippen molar-refractivity contribution in [2.45, 2.75) is 19.3 Å². The molecule has 0 spiro atoms. The fourth-order valence-corrected chi connectivity index (χ4v) is 3.24. The summed E-state index contributed by atoms with van der Waals surface area (Å²) in [6.45, 7) is 1.88. The molecule has 28 heavy (non-hydrogen) atoms. The Morgan fingerprint density at radius 3 is 2.54 bits per heavy atom. The van der Waals surface area contributed by atoms with Gasteiger partial charge in [-0.05, 0) is 42.8 Å². The molecule has 0 saturated heterocycles. The van der Waals surface area contributed by atoms with Crippen LogP contribution in [0.5, 0.6) is 0 Å². The van der Waals surface area contributed by atoms with Gasteiger partial charge in [-0.1, -0.05) is 30.3 Å². The number of alkyl halides is 3. The number of aromatic nitrogens is 1. The number of carbonyl (C=O) groups excluding carboxylic acids is 1. The Kier molecular flexibility index (Phi) is 4.30. The van der Waals surface area contributed by atoms with Crippen molar-refractivity contribution in [2.24, 2.45) is 0 Å². The highest BCUT2D eigenvalue weighted by Gasteiger charge is 2.38. The molecule has 4 nitrogen and oxygen atoms in total. The molecule has 1 aliphatic heterocycles. The van der Waals surface area contributed by atoms with Crippen LogP contribution in [0.4, 0.5) is 24.7 Å². The van der Waals surface area contributed by atoms with Crippen molar-refractivity contribution in [1.29, 1.82) is 0 Å². The minimum absolute atomic E-state index is 0.253. The third-order valence-corrected chi connectivity index (χ3v) is 4.60. The molecule has 0 radical (unpaired) electrons. The second kappa shape index (κ2) is 6.67. The predicted molar refractivity (Wildman–Crippen MR) is 100 cm³/mol. The number of amides is 1. The SMILES string of the molecule is Cc1ccc(N2C(=O)c3ccccc3[C@@H]2Nc2cccc(C(F)(F)F)c2)nc1. The number of aryl methyl sites for hydroxylation is 1. The van der Waals surface area contributed by atoms with Crippen molar-refractivity contribution < 1.29 is 18.0 Å². The van der Waals surface area contributed by atoms with Gasteiger partial charge in [-0.25, -0.2) is 4.98 Å². The Labute approximate surface area is 159 Å². The van der Waals surface area contributed by atoms with Crippen molar-refractivity contribution in [2.75, 3.05) is 10.2 Å². The molecule has 1 aliphatic rings. The van der Waals surface area contributed by atoms with Crippen LogP contribution in [0.3, 0.4) is 0 Å². The zero-order valence-corrected chi connectivity index (χ0v) is 14.9. The molecule has 142 valence electrons. The zero-order chi connectivity index (χ0) is 19.9. The topological polar surface area (TPSA) is 45.2 Å². The molecular formula is C21H16F3N3O. The second-order valence-corrected chi connectivity index (χ2v) is 6.58. The molecule has 0 aliphatic carbocycles. The van der Waals surface area contributed by atoms with Gasteiger partial charge in [-0.15, -0.1) is 0 Å². The van der Waals surface area contributed by atoms with Gasteiger partial charge in [0.15, 0.2) is 0 Å². The number of benzene rings is 2. The van der Waals surface area contributed by atoms with Gasteiger partial charge in [0.1, 0.15) is 12.0 Å². The van der Waals surface area contributed by atoms with Crippen LogP contribution in [0.1, 0.15) is 33.2 Å². The monoisotopic (exact) mass is 383 g/mol. The van der Waals surface area contributed by atoms with Gasteiger partial charge in [-0.2, -0.15) is 13.2 Å². The quantitative estimate of drug-likeness (QED) is 0.678. The molecule has 7 heteroatoms. The highest BCUT2D eigenvalue weighted by atomic mass is 19.4. The molecule has 2 heterocycles. The number of nitrogens with one attached hydrogen (secondary N) is 1. The Morgan fingerprint density at radius 1 is 1.04 bits per heavy atom. The van der Waals surface area contributed by atoms with Crippen LogP contribution in [0, 0.1) is 6.92 Å². The zero-order valence-electron chi connectivity index (χ0n) is 14.9. The lowest BCUT2D eigenvalue weighted by atomic mass is 10.1. The van der Waals surface area contributed by atoms with E-state index in [2.05, 4.69) is 10.3 Å². The van der Waals surface area contributed by atoms with E-state index in [9.17, 15) is 18.0 Å². The van der Waals surface area contributed by atoms with Gasteiger partial charge in [0.2, 0.25) is 0 Å². The molecule has 1 aromatic heterocycles. The van der Waals surface area contributed by atoms with Crippen molar-refractivity contribution in [1.82, 2.24) is 4.98 Å². The van der Waals surface area contributed by atoms with E-state index in [0.717, 1.165) is 17.7 Å². The number of pyridine rings is 1. The molecule has 0 saturated carbocycles. The van der Waals surface area contributed by atoms with E-state index in [4.69, 9.17) is 0 Å². The normalized spacial score (nSPS) is 16.2. The molecule has 0 bridgehead atoms. The summed E-state index contributed by atoms with van der Waals surface area (Å²) in [5, 5.41) is 3.07. The third-order valence-electron chi connectivity index (χ3n) is 4.60. The fraction of sp³-hybridized carbons (Fsp3) is 0.143. The Balaban J connectivity index is 1.76. The number of anilines is 2. The first kappa shape index (κ1) is 18.0. The van der Waals surface area contributed by atoms with E-state index in [1.807, 2.05) is 13.0 Å². The van der Waals surface area contributed by atoms with Crippen LogP contribution in [0.15, 0.2) is 66.9 Å². The van der Waals surface area contributed by atoms with Gasteiger partial charge in [0.05, 0.1) is 5.56 Å². The molecule has 1 amide bonds. The predicted octanol–water partition coefficient (Wildman–Crippen LogP) is 5.18. The number of rotatable bonds is 3. The number of nitrogens with zero attached hydrogens (tertiary/aromatic N) is 2. The summed E-state index contributed by atoms with van der Waals surface area (Å²) in [7, 11) is 0. The van der Waals surface area contributed by atoms with Crippen molar-refractivity contribution in [3.05, 3.63) is 89.1 Å². The molecule has 1 N–H and O–H groups in total. The molecule has 4 rings (SSSR count). The number of hydrogen-bond donors (Lipinski definition) is 1. The number of fused-ring (bicyclic) bond motifs is 1. The van der Waals surface area contributed by atoms with Crippen molar-refractivity contribution in [3.63, 3.8) is 0 Å². The van der Waals surface area contributed by atoms with Crippen LogP contribution in [-0.4, -0.2) is 10.9 Å². The van der Waals surface area contributed by atoms with E-state index in [1.165, 1.54) is 11.0 Å². The summed E-state index contributed by atoms with van der Waals surface area (Å²) in [5.74, 6) is 0.174. The smallest absolute Gasteiger partial charge is 0.361 e. The highest BCUT2D eigenvalue weighted by Crippen LogP contribution is 2.38. The number of hydrogen-bond acceptors (Lipinski definition) is 3. The minimum atomic E-state index is -4.45. The van der Waals surface area contributed by atoms with Gasteiger partial charge < -0.3 is 5.32 Å². The number of carbonyl (C=O) groups is 1. The van der Waals surface area contributed by atoms with Crippen LogP contribution < -0.4 is 10.2 Å². The fourth-order valence-electron chi connectivity index (χ4n) is 3.24. The molecule has 1 atom stereocenters. The summed E-state index contributed by atoms with van der Waals surface area (Å²) in [6.07, 6.45) is -3.46. The van der Waals surface area contributed by atoms with Gasteiger partial charge in [0.25, 0.3) is 5.91 Å². The third kappa shape index (κ3) is 3.19. The van der Waals surface area contributed by atoms with E-state index >= 15 is 0 Å². The van der Waals surface area contributed by atoms with Gasteiger partial charge >= 0.3 is 6.18 Å². The van der Waals surface area contributed by atoms with Gasteiger partial charge in [-0.3, -0.25) is 9.69 Å².